The molecule has 2 aliphatic heterocycles. The first-order valence-electron chi connectivity index (χ1n) is 9.96. The molecule has 0 bridgehead atoms. The fraction of sp³-hybridized carbons (Fsp3) is 0.435. The summed E-state index contributed by atoms with van der Waals surface area (Å²) >= 11 is 6.26. The van der Waals surface area contributed by atoms with E-state index in [1.807, 2.05) is 6.07 Å². The van der Waals surface area contributed by atoms with E-state index in [1.54, 1.807) is 12.1 Å². The first-order valence-corrected chi connectivity index (χ1v) is 10.3. The SMILES string of the molecule is Cc1ccc(C)c(C2=NC3(CCN(C)CC3)NC(c3cc(Cl)ccc3O)C2)c1. The maximum Gasteiger partial charge on any atom is 0.120 e. The summed E-state index contributed by atoms with van der Waals surface area (Å²) in [5.74, 6) is 0.284. The summed E-state index contributed by atoms with van der Waals surface area (Å²) < 4.78 is 0. The minimum absolute atomic E-state index is 0.0190. The van der Waals surface area contributed by atoms with Gasteiger partial charge in [-0.3, -0.25) is 10.3 Å². The zero-order valence-electron chi connectivity index (χ0n) is 16.8. The highest BCUT2D eigenvalue weighted by Gasteiger charge is 2.40. The number of phenols is 1. The highest BCUT2D eigenvalue weighted by atomic mass is 35.5. The van der Waals surface area contributed by atoms with E-state index in [1.165, 1.54) is 16.7 Å². The average molecular weight is 398 g/mol. The predicted molar refractivity (Wildman–Crippen MR) is 116 cm³/mol. The molecule has 2 aromatic rings. The molecule has 0 aliphatic carbocycles. The standard InChI is InChI=1S/C23H28ClN3O/c1-15-4-5-16(2)18(12-15)20-14-21(19-13-17(24)6-7-22(19)28)26-23(25-20)8-10-27(3)11-9-23/h4-7,12-13,21,26,28H,8-11,14H2,1-3H3. The van der Waals surface area contributed by atoms with Crippen molar-refractivity contribution in [1.29, 1.82) is 0 Å². The number of hydrogen-bond donors (Lipinski definition) is 2. The van der Waals surface area contributed by atoms with Crippen LogP contribution >= 0.6 is 11.6 Å². The molecule has 2 heterocycles. The fourth-order valence-electron chi connectivity index (χ4n) is 4.36. The molecule has 4 rings (SSSR count). The average Bonchev–Trinajstić information content (AvgIpc) is 2.68. The van der Waals surface area contributed by atoms with Crippen LogP contribution in [-0.4, -0.2) is 41.5 Å². The van der Waals surface area contributed by atoms with E-state index in [4.69, 9.17) is 16.6 Å². The number of nitrogens with zero attached hydrogens (tertiary/aromatic N) is 2. The van der Waals surface area contributed by atoms with Gasteiger partial charge in [-0.15, -0.1) is 0 Å². The van der Waals surface area contributed by atoms with Crippen molar-refractivity contribution in [2.75, 3.05) is 20.1 Å². The molecule has 0 aromatic heterocycles. The van der Waals surface area contributed by atoms with Crippen LogP contribution in [0.15, 0.2) is 41.4 Å². The minimum Gasteiger partial charge on any atom is -0.508 e. The van der Waals surface area contributed by atoms with Gasteiger partial charge in [0.2, 0.25) is 0 Å². The van der Waals surface area contributed by atoms with E-state index in [0.29, 0.717) is 5.02 Å². The Bertz CT molecular complexity index is 916. The lowest BCUT2D eigenvalue weighted by atomic mass is 9.86. The van der Waals surface area contributed by atoms with Crippen molar-refractivity contribution in [3.05, 3.63) is 63.7 Å². The molecule has 1 atom stereocenters. The van der Waals surface area contributed by atoms with Crippen LogP contribution in [0.5, 0.6) is 5.75 Å². The molecule has 5 heteroatoms. The van der Waals surface area contributed by atoms with Gasteiger partial charge in [0.15, 0.2) is 0 Å². The van der Waals surface area contributed by atoms with Gasteiger partial charge in [-0.25, -0.2) is 0 Å². The van der Waals surface area contributed by atoms with Crippen LogP contribution < -0.4 is 5.32 Å². The van der Waals surface area contributed by atoms with E-state index < -0.39 is 0 Å². The third-order valence-corrected chi connectivity index (χ3v) is 6.31. The molecule has 4 nitrogen and oxygen atoms in total. The summed E-state index contributed by atoms with van der Waals surface area (Å²) in [4.78, 5) is 7.62. The maximum atomic E-state index is 10.5. The van der Waals surface area contributed by atoms with E-state index in [-0.39, 0.29) is 17.5 Å². The third-order valence-electron chi connectivity index (χ3n) is 6.07. The van der Waals surface area contributed by atoms with Crippen molar-refractivity contribution in [1.82, 2.24) is 10.2 Å². The molecular formula is C23H28ClN3O. The van der Waals surface area contributed by atoms with Crippen molar-refractivity contribution in [2.24, 2.45) is 4.99 Å². The van der Waals surface area contributed by atoms with Crippen LogP contribution in [0.1, 0.15) is 47.6 Å². The number of aliphatic imine (C=N–C) groups is 1. The second kappa shape index (κ2) is 7.51. The highest BCUT2D eigenvalue weighted by Crippen LogP contribution is 2.38. The molecule has 0 radical (unpaired) electrons. The van der Waals surface area contributed by atoms with Gasteiger partial charge in [0.25, 0.3) is 0 Å². The number of halogens is 1. The number of hydrogen-bond acceptors (Lipinski definition) is 4. The molecule has 0 saturated carbocycles. The normalized spacial score (nSPS) is 22.3. The first kappa shape index (κ1) is 19.4. The summed E-state index contributed by atoms with van der Waals surface area (Å²) in [6.07, 6.45) is 2.64. The number of phenolic OH excluding ortho intramolecular Hbond substituents is 1. The van der Waals surface area contributed by atoms with Gasteiger partial charge in [0.1, 0.15) is 11.4 Å². The van der Waals surface area contributed by atoms with Crippen molar-refractivity contribution in [2.45, 2.75) is 44.8 Å². The van der Waals surface area contributed by atoms with Gasteiger partial charge < -0.3 is 10.0 Å². The topological polar surface area (TPSA) is 47.9 Å². The Morgan fingerprint density at radius 2 is 1.89 bits per heavy atom. The smallest absolute Gasteiger partial charge is 0.120 e. The van der Waals surface area contributed by atoms with Crippen molar-refractivity contribution in [3.8, 4) is 5.75 Å². The van der Waals surface area contributed by atoms with Gasteiger partial charge in [-0.1, -0.05) is 29.3 Å². The lowest BCUT2D eigenvalue weighted by molar-refractivity contribution is 0.144. The summed E-state index contributed by atoms with van der Waals surface area (Å²) in [6.45, 7) is 6.28. The van der Waals surface area contributed by atoms with Crippen molar-refractivity contribution in [3.63, 3.8) is 0 Å². The zero-order valence-corrected chi connectivity index (χ0v) is 17.6. The van der Waals surface area contributed by atoms with Crippen LogP contribution in [0.3, 0.4) is 0 Å². The Morgan fingerprint density at radius 1 is 1.14 bits per heavy atom. The first-order chi connectivity index (χ1) is 13.3. The summed E-state index contributed by atoms with van der Waals surface area (Å²) in [6, 6.07) is 11.8. The Labute approximate surface area is 172 Å². The predicted octanol–water partition coefficient (Wildman–Crippen LogP) is 4.61. The molecule has 1 spiro atoms. The number of likely N-dealkylation sites (tertiary alicyclic amines) is 1. The molecule has 28 heavy (non-hydrogen) atoms. The molecule has 1 unspecified atom stereocenters. The molecular weight excluding hydrogens is 370 g/mol. The van der Waals surface area contributed by atoms with Crippen molar-refractivity contribution < 1.29 is 5.11 Å². The van der Waals surface area contributed by atoms with Gasteiger partial charge in [0.05, 0.1) is 0 Å². The minimum atomic E-state index is -0.296. The summed E-state index contributed by atoms with van der Waals surface area (Å²) in [5.41, 5.74) is 5.36. The van der Waals surface area contributed by atoms with E-state index in [2.05, 4.69) is 49.3 Å². The monoisotopic (exact) mass is 397 g/mol. The van der Waals surface area contributed by atoms with Crippen LogP contribution in [0.4, 0.5) is 0 Å². The number of piperidine rings is 1. The molecule has 1 saturated heterocycles. The lowest BCUT2D eigenvalue weighted by Crippen LogP contribution is -2.55. The number of benzene rings is 2. The lowest BCUT2D eigenvalue weighted by Gasteiger charge is -2.44. The molecule has 1 fully saturated rings. The Hall–Kier alpha value is -1.88. The van der Waals surface area contributed by atoms with Gasteiger partial charge >= 0.3 is 0 Å². The van der Waals surface area contributed by atoms with Gasteiger partial charge in [-0.05, 0) is 69.1 Å². The second-order valence-corrected chi connectivity index (χ2v) is 8.75. The second-order valence-electron chi connectivity index (χ2n) is 8.32. The van der Waals surface area contributed by atoms with Crippen LogP contribution in [0.2, 0.25) is 5.02 Å². The highest BCUT2D eigenvalue weighted by molar-refractivity contribution is 6.30. The van der Waals surface area contributed by atoms with Crippen LogP contribution in [0.25, 0.3) is 0 Å². The molecule has 148 valence electrons. The van der Waals surface area contributed by atoms with E-state index in [9.17, 15) is 5.11 Å². The van der Waals surface area contributed by atoms with Crippen LogP contribution in [0, 0.1) is 13.8 Å². The zero-order chi connectivity index (χ0) is 19.9. The van der Waals surface area contributed by atoms with Crippen LogP contribution in [-0.2, 0) is 0 Å². The van der Waals surface area contributed by atoms with Crippen molar-refractivity contribution >= 4 is 17.3 Å². The quantitative estimate of drug-likeness (QED) is 0.778. The molecule has 2 aromatic carbocycles. The summed E-state index contributed by atoms with van der Waals surface area (Å²) in [7, 11) is 2.16. The number of aryl methyl sites for hydroxylation is 2. The van der Waals surface area contributed by atoms with E-state index in [0.717, 1.165) is 43.6 Å². The Balaban J connectivity index is 1.79. The molecule has 2 aliphatic rings. The van der Waals surface area contributed by atoms with Gasteiger partial charge in [-0.2, -0.15) is 0 Å². The van der Waals surface area contributed by atoms with Gasteiger partial charge in [0, 0.05) is 41.8 Å². The largest absolute Gasteiger partial charge is 0.508 e. The van der Waals surface area contributed by atoms with E-state index >= 15 is 0 Å². The Morgan fingerprint density at radius 3 is 2.64 bits per heavy atom. The number of aromatic hydroxyl groups is 1. The summed E-state index contributed by atoms with van der Waals surface area (Å²) in [5, 5.41) is 14.9. The molecule has 0 amide bonds. The third kappa shape index (κ3) is 3.82. The molecule has 2 N–H and O–H groups in total. The number of rotatable bonds is 2. The Kier molecular flexibility index (Phi) is 5.21. The number of nitrogens with one attached hydrogen (secondary N) is 1. The fourth-order valence-corrected chi connectivity index (χ4v) is 4.54. The maximum absolute atomic E-state index is 10.5.